The van der Waals surface area contributed by atoms with Gasteiger partial charge in [0.15, 0.2) is 0 Å². The first kappa shape index (κ1) is 17.3. The Morgan fingerprint density at radius 1 is 1.09 bits per heavy atom. The first-order valence-electron chi connectivity index (χ1n) is 8.09. The van der Waals surface area contributed by atoms with Crippen LogP contribution in [0.15, 0.2) is 58.3 Å². The number of hydrogen-bond acceptors (Lipinski definition) is 2. The van der Waals surface area contributed by atoms with Crippen LogP contribution in [-0.2, 0) is 4.74 Å². The Balaban J connectivity index is 2.61. The lowest BCUT2D eigenvalue weighted by atomic mass is 9.88. The summed E-state index contributed by atoms with van der Waals surface area (Å²) < 4.78 is 6.11. The van der Waals surface area contributed by atoms with Crippen LogP contribution in [0, 0.1) is 0 Å². The van der Waals surface area contributed by atoms with Gasteiger partial charge < -0.3 is 4.74 Å². The lowest BCUT2D eigenvalue weighted by Crippen LogP contribution is -2.25. The molecule has 1 aromatic carbocycles. The highest BCUT2D eigenvalue weighted by Gasteiger charge is 2.36. The molecular formula is C21H27NO. The fourth-order valence-corrected chi connectivity index (χ4v) is 2.55. The number of aliphatic imine (C=N–C) groups is 1. The van der Waals surface area contributed by atoms with E-state index in [-0.39, 0.29) is 5.54 Å². The summed E-state index contributed by atoms with van der Waals surface area (Å²) in [5.74, 6) is 0.696. The molecule has 1 heterocycles. The molecule has 0 unspecified atom stereocenters. The fourth-order valence-electron chi connectivity index (χ4n) is 2.55. The Hall–Kier alpha value is -2.05. The highest BCUT2D eigenvalue weighted by atomic mass is 16.5. The molecule has 0 bridgehead atoms. The molecule has 1 aliphatic rings. The summed E-state index contributed by atoms with van der Waals surface area (Å²) in [6.07, 6.45) is 2.06. The van der Waals surface area contributed by atoms with Crippen molar-refractivity contribution < 1.29 is 4.74 Å². The van der Waals surface area contributed by atoms with Gasteiger partial charge in [-0.25, -0.2) is 4.99 Å². The zero-order chi connectivity index (χ0) is 17.3. The van der Waals surface area contributed by atoms with Gasteiger partial charge in [0.25, 0.3) is 0 Å². The first-order chi connectivity index (χ1) is 10.6. The van der Waals surface area contributed by atoms with Crippen LogP contribution in [0.4, 0.5) is 0 Å². The molecule has 0 saturated carbocycles. The van der Waals surface area contributed by atoms with Gasteiger partial charge in [-0.15, -0.1) is 5.73 Å². The molecule has 0 spiro atoms. The van der Waals surface area contributed by atoms with Gasteiger partial charge in [0.2, 0.25) is 5.90 Å². The SMILES string of the molecule is CC(C)=C=C(C1=CC(=NC(C)(C)C)OC1(C)C)c1ccccc1. The smallest absolute Gasteiger partial charge is 0.210 e. The van der Waals surface area contributed by atoms with Crippen LogP contribution in [0.5, 0.6) is 0 Å². The standard InChI is InChI=1S/C21H27NO/c1-15(2)13-17(16-11-9-8-10-12-16)18-14-19(22-20(3,4)5)23-21(18,6)7/h8-12,14H,1-7H3. The van der Waals surface area contributed by atoms with E-state index in [1.807, 2.05) is 6.07 Å². The Morgan fingerprint density at radius 3 is 2.22 bits per heavy atom. The van der Waals surface area contributed by atoms with E-state index in [9.17, 15) is 0 Å². The topological polar surface area (TPSA) is 21.6 Å². The van der Waals surface area contributed by atoms with E-state index < -0.39 is 5.60 Å². The summed E-state index contributed by atoms with van der Waals surface area (Å²) >= 11 is 0. The molecule has 1 aromatic rings. The summed E-state index contributed by atoms with van der Waals surface area (Å²) in [7, 11) is 0. The van der Waals surface area contributed by atoms with Gasteiger partial charge in [-0.1, -0.05) is 30.3 Å². The van der Waals surface area contributed by atoms with Crippen molar-refractivity contribution in [2.24, 2.45) is 4.99 Å². The zero-order valence-electron chi connectivity index (χ0n) is 15.3. The third kappa shape index (κ3) is 4.46. The lowest BCUT2D eigenvalue weighted by Gasteiger charge is -2.24. The molecule has 0 N–H and O–H groups in total. The number of benzene rings is 1. The van der Waals surface area contributed by atoms with Gasteiger partial charge in [0.05, 0.1) is 5.54 Å². The molecule has 2 rings (SSSR count). The van der Waals surface area contributed by atoms with Crippen LogP contribution < -0.4 is 0 Å². The van der Waals surface area contributed by atoms with E-state index in [1.165, 1.54) is 0 Å². The Morgan fingerprint density at radius 2 is 1.70 bits per heavy atom. The van der Waals surface area contributed by atoms with Crippen LogP contribution in [0.25, 0.3) is 5.57 Å². The van der Waals surface area contributed by atoms with E-state index in [0.717, 1.165) is 22.3 Å². The van der Waals surface area contributed by atoms with Crippen molar-refractivity contribution in [3.05, 3.63) is 58.8 Å². The van der Waals surface area contributed by atoms with Gasteiger partial charge in [-0.3, -0.25) is 0 Å². The maximum Gasteiger partial charge on any atom is 0.210 e. The quantitative estimate of drug-likeness (QED) is 0.655. The predicted molar refractivity (Wildman–Crippen MR) is 98.7 cm³/mol. The van der Waals surface area contributed by atoms with E-state index in [1.54, 1.807) is 0 Å². The number of nitrogens with zero attached hydrogens (tertiary/aromatic N) is 1. The molecule has 0 atom stereocenters. The second kappa shape index (κ2) is 6.22. The van der Waals surface area contributed by atoms with Crippen LogP contribution in [0.2, 0.25) is 0 Å². The second-order valence-electron chi connectivity index (χ2n) is 7.66. The van der Waals surface area contributed by atoms with Crippen molar-refractivity contribution in [2.75, 3.05) is 0 Å². The fraction of sp³-hybridized carbons (Fsp3) is 0.429. The number of rotatable bonds is 2. The van der Waals surface area contributed by atoms with Crippen LogP contribution in [0.1, 0.15) is 54.0 Å². The Kier molecular flexibility index (Phi) is 4.68. The van der Waals surface area contributed by atoms with Crippen molar-refractivity contribution in [2.45, 2.75) is 59.6 Å². The van der Waals surface area contributed by atoms with Crippen molar-refractivity contribution >= 4 is 11.5 Å². The highest BCUT2D eigenvalue weighted by Crippen LogP contribution is 2.38. The minimum atomic E-state index is -0.419. The molecule has 0 radical (unpaired) electrons. The van der Waals surface area contributed by atoms with Gasteiger partial charge in [0, 0.05) is 17.2 Å². The van der Waals surface area contributed by atoms with Crippen molar-refractivity contribution in [3.8, 4) is 0 Å². The van der Waals surface area contributed by atoms with E-state index >= 15 is 0 Å². The number of hydrogen-bond donors (Lipinski definition) is 0. The molecule has 0 amide bonds. The molecular weight excluding hydrogens is 282 g/mol. The zero-order valence-corrected chi connectivity index (χ0v) is 15.3. The average Bonchev–Trinajstić information content (AvgIpc) is 2.69. The number of ether oxygens (including phenoxy) is 1. The molecule has 0 aliphatic carbocycles. The molecule has 0 saturated heterocycles. The summed E-state index contributed by atoms with van der Waals surface area (Å²) in [4.78, 5) is 4.68. The third-order valence-corrected chi connectivity index (χ3v) is 3.43. The second-order valence-corrected chi connectivity index (χ2v) is 7.66. The molecule has 2 heteroatoms. The maximum atomic E-state index is 6.11. The van der Waals surface area contributed by atoms with Crippen LogP contribution in [-0.4, -0.2) is 17.0 Å². The first-order valence-corrected chi connectivity index (χ1v) is 8.09. The minimum absolute atomic E-state index is 0.162. The van der Waals surface area contributed by atoms with E-state index in [2.05, 4.69) is 89.5 Å². The molecule has 0 fully saturated rings. The molecule has 2 nitrogen and oxygen atoms in total. The lowest BCUT2D eigenvalue weighted by molar-refractivity contribution is 0.153. The average molecular weight is 309 g/mol. The summed E-state index contributed by atoms with van der Waals surface area (Å²) in [5, 5.41) is 0. The van der Waals surface area contributed by atoms with Gasteiger partial charge >= 0.3 is 0 Å². The molecule has 1 aliphatic heterocycles. The minimum Gasteiger partial charge on any atom is -0.467 e. The van der Waals surface area contributed by atoms with Gasteiger partial charge in [0.1, 0.15) is 5.60 Å². The molecule has 122 valence electrons. The maximum absolute atomic E-state index is 6.11. The highest BCUT2D eigenvalue weighted by molar-refractivity contribution is 5.98. The molecule has 23 heavy (non-hydrogen) atoms. The summed E-state index contributed by atoms with van der Waals surface area (Å²) in [6.45, 7) is 14.5. The van der Waals surface area contributed by atoms with Crippen molar-refractivity contribution in [1.82, 2.24) is 0 Å². The van der Waals surface area contributed by atoms with Gasteiger partial charge in [-0.05, 0) is 59.6 Å². The third-order valence-electron chi connectivity index (χ3n) is 3.43. The summed E-state index contributed by atoms with van der Waals surface area (Å²) in [5.41, 5.74) is 7.41. The van der Waals surface area contributed by atoms with Crippen LogP contribution in [0.3, 0.4) is 0 Å². The van der Waals surface area contributed by atoms with Crippen LogP contribution >= 0.6 is 0 Å². The normalized spacial score (nSPS) is 18.2. The largest absolute Gasteiger partial charge is 0.467 e. The Labute approximate surface area is 140 Å². The Bertz CT molecular complexity index is 702. The van der Waals surface area contributed by atoms with E-state index in [4.69, 9.17) is 4.74 Å². The molecule has 0 aromatic heterocycles. The van der Waals surface area contributed by atoms with Crippen molar-refractivity contribution in [1.29, 1.82) is 0 Å². The predicted octanol–water partition coefficient (Wildman–Crippen LogP) is 5.57. The summed E-state index contributed by atoms with van der Waals surface area (Å²) in [6, 6.07) is 10.4. The van der Waals surface area contributed by atoms with Gasteiger partial charge in [-0.2, -0.15) is 0 Å². The van der Waals surface area contributed by atoms with Crippen molar-refractivity contribution in [3.63, 3.8) is 0 Å². The van der Waals surface area contributed by atoms with E-state index in [0.29, 0.717) is 5.90 Å². The monoisotopic (exact) mass is 309 g/mol.